The minimum atomic E-state index is -0.391. The fourth-order valence-corrected chi connectivity index (χ4v) is 11.6. The van der Waals surface area contributed by atoms with Crippen molar-refractivity contribution in [2.45, 2.75) is 5.41 Å². The summed E-state index contributed by atoms with van der Waals surface area (Å²) in [4.78, 5) is 0. The van der Waals surface area contributed by atoms with E-state index in [-0.39, 0.29) is 0 Å². The van der Waals surface area contributed by atoms with Gasteiger partial charge in [0.2, 0.25) is 0 Å². The van der Waals surface area contributed by atoms with Gasteiger partial charge in [-0.15, -0.1) is 11.3 Å². The lowest BCUT2D eigenvalue weighted by Gasteiger charge is -2.30. The predicted octanol–water partition coefficient (Wildman–Crippen LogP) is 13.2. The maximum atomic E-state index is 2.61. The van der Waals surface area contributed by atoms with Crippen LogP contribution in [0.5, 0.6) is 0 Å². The lowest BCUT2D eigenvalue weighted by molar-refractivity contribution is 0.794. The maximum absolute atomic E-state index is 2.61. The molecule has 0 bridgehead atoms. The number of thiophene rings is 1. The molecule has 0 N–H and O–H groups in total. The summed E-state index contributed by atoms with van der Waals surface area (Å²) in [5.41, 5.74) is 14.2. The normalized spacial score (nSPS) is 14.0. The molecule has 11 aromatic rings. The summed E-state index contributed by atoms with van der Waals surface area (Å²) in [5.74, 6) is 0. The van der Waals surface area contributed by atoms with Gasteiger partial charge in [0.25, 0.3) is 0 Å². The quantitative estimate of drug-likeness (QED) is 0.154. The Morgan fingerprint density at radius 1 is 0.373 bits per heavy atom. The highest BCUT2D eigenvalue weighted by molar-refractivity contribution is 7.26. The van der Waals surface area contributed by atoms with Gasteiger partial charge in [0, 0.05) is 41.9 Å². The summed E-state index contributed by atoms with van der Waals surface area (Å²) in [6.07, 6.45) is 0. The average Bonchev–Trinajstić information content (AvgIpc) is 3.91. The van der Waals surface area contributed by atoms with Gasteiger partial charge in [-0.3, -0.25) is 0 Å². The molecule has 0 fully saturated rings. The molecule has 0 amide bonds. The predicted molar refractivity (Wildman–Crippen MR) is 216 cm³/mol. The molecule has 1 spiro atoms. The molecule has 2 heteroatoms. The van der Waals surface area contributed by atoms with E-state index in [1.54, 1.807) is 0 Å². The summed E-state index contributed by atoms with van der Waals surface area (Å²) < 4.78 is 5.33. The van der Waals surface area contributed by atoms with Gasteiger partial charge in [-0.05, 0) is 79.4 Å². The summed E-state index contributed by atoms with van der Waals surface area (Å²) in [7, 11) is 0. The Labute approximate surface area is 297 Å². The lowest BCUT2D eigenvalue weighted by Crippen LogP contribution is -2.25. The third kappa shape index (κ3) is 2.96. The Bertz CT molecular complexity index is 3270. The zero-order valence-corrected chi connectivity index (χ0v) is 28.3. The van der Waals surface area contributed by atoms with Crippen LogP contribution in [-0.4, -0.2) is 4.57 Å². The molecule has 13 rings (SSSR count). The van der Waals surface area contributed by atoms with Crippen molar-refractivity contribution in [3.8, 4) is 27.9 Å². The second-order valence-electron chi connectivity index (χ2n) is 14.3. The number of benzene rings is 9. The van der Waals surface area contributed by atoms with Crippen molar-refractivity contribution in [1.82, 2.24) is 4.57 Å². The van der Waals surface area contributed by atoms with Crippen molar-refractivity contribution in [1.29, 1.82) is 0 Å². The van der Waals surface area contributed by atoms with Crippen molar-refractivity contribution in [3.63, 3.8) is 0 Å². The third-order valence-electron chi connectivity index (χ3n) is 12.2. The van der Waals surface area contributed by atoms with E-state index < -0.39 is 5.41 Å². The van der Waals surface area contributed by atoms with Crippen LogP contribution in [0.1, 0.15) is 22.3 Å². The number of fused-ring (bicyclic) bond motifs is 17. The molecule has 2 aromatic heterocycles. The number of hydrogen-bond donors (Lipinski definition) is 0. The van der Waals surface area contributed by atoms with E-state index >= 15 is 0 Å². The zero-order valence-electron chi connectivity index (χ0n) is 27.4. The van der Waals surface area contributed by atoms with Gasteiger partial charge >= 0.3 is 0 Å². The maximum Gasteiger partial charge on any atom is 0.0726 e. The van der Waals surface area contributed by atoms with Crippen LogP contribution in [0.3, 0.4) is 0 Å². The van der Waals surface area contributed by atoms with Crippen LogP contribution in [0.4, 0.5) is 0 Å². The molecule has 0 atom stereocenters. The van der Waals surface area contributed by atoms with Crippen LogP contribution in [0, 0.1) is 0 Å². The first-order valence-corrected chi connectivity index (χ1v) is 18.6. The molecule has 2 heterocycles. The van der Waals surface area contributed by atoms with Crippen molar-refractivity contribution in [3.05, 3.63) is 186 Å². The Morgan fingerprint density at radius 3 is 1.67 bits per heavy atom. The third-order valence-corrected chi connectivity index (χ3v) is 13.3. The smallest absolute Gasteiger partial charge is 0.0726 e. The zero-order chi connectivity index (χ0) is 33.0. The number of hydrogen-bond acceptors (Lipinski definition) is 1. The van der Waals surface area contributed by atoms with Crippen molar-refractivity contribution in [2.75, 3.05) is 0 Å². The molecule has 0 radical (unpaired) electrons. The molecule has 9 aromatic carbocycles. The topological polar surface area (TPSA) is 4.93 Å². The fraction of sp³-hybridized carbons (Fsp3) is 0.0204. The first-order valence-electron chi connectivity index (χ1n) is 17.8. The van der Waals surface area contributed by atoms with Crippen molar-refractivity contribution in [2.24, 2.45) is 0 Å². The van der Waals surface area contributed by atoms with Gasteiger partial charge in [-0.25, -0.2) is 0 Å². The number of aromatic nitrogens is 1. The second-order valence-corrected chi connectivity index (χ2v) is 15.4. The van der Waals surface area contributed by atoms with Crippen LogP contribution in [0.25, 0.3) is 91.5 Å². The Hall–Kier alpha value is -6.22. The highest BCUT2D eigenvalue weighted by Crippen LogP contribution is 2.64. The van der Waals surface area contributed by atoms with E-state index in [9.17, 15) is 0 Å². The average molecular weight is 662 g/mol. The number of nitrogens with zero attached hydrogens (tertiary/aromatic N) is 1. The molecule has 0 aliphatic heterocycles. The Balaban J connectivity index is 1.26. The summed E-state index contributed by atoms with van der Waals surface area (Å²) in [5, 5.41) is 10.7. The van der Waals surface area contributed by atoms with Gasteiger partial charge in [0.05, 0.1) is 22.1 Å². The molecule has 51 heavy (non-hydrogen) atoms. The van der Waals surface area contributed by atoms with E-state index in [1.807, 2.05) is 11.3 Å². The van der Waals surface area contributed by atoms with Crippen LogP contribution in [0.15, 0.2) is 164 Å². The van der Waals surface area contributed by atoms with Gasteiger partial charge in [0.1, 0.15) is 0 Å². The Morgan fingerprint density at radius 2 is 0.922 bits per heavy atom. The molecular weight excluding hydrogens is 635 g/mol. The van der Waals surface area contributed by atoms with Gasteiger partial charge < -0.3 is 4.57 Å². The van der Waals surface area contributed by atoms with E-state index in [0.29, 0.717) is 0 Å². The highest BCUT2D eigenvalue weighted by Gasteiger charge is 2.52. The summed E-state index contributed by atoms with van der Waals surface area (Å²) >= 11 is 1.91. The van der Waals surface area contributed by atoms with Gasteiger partial charge in [-0.2, -0.15) is 0 Å². The minimum absolute atomic E-state index is 0.391. The summed E-state index contributed by atoms with van der Waals surface area (Å²) in [6.45, 7) is 0. The van der Waals surface area contributed by atoms with Gasteiger partial charge in [0.15, 0.2) is 0 Å². The van der Waals surface area contributed by atoms with Crippen LogP contribution in [0.2, 0.25) is 0 Å². The Kier molecular flexibility index (Phi) is 4.76. The highest BCUT2D eigenvalue weighted by atomic mass is 32.1. The molecule has 0 saturated heterocycles. The molecular formula is C49H27NS. The number of rotatable bonds is 1. The van der Waals surface area contributed by atoms with Gasteiger partial charge in [-0.1, -0.05) is 140 Å². The number of para-hydroxylation sites is 1. The first-order chi connectivity index (χ1) is 25.3. The largest absolute Gasteiger partial charge is 0.308 e. The molecule has 234 valence electrons. The van der Waals surface area contributed by atoms with E-state index in [0.717, 1.165) is 0 Å². The van der Waals surface area contributed by atoms with E-state index in [1.165, 1.54) is 114 Å². The van der Waals surface area contributed by atoms with E-state index in [4.69, 9.17) is 0 Å². The summed E-state index contributed by atoms with van der Waals surface area (Å²) in [6, 6.07) is 62.0. The van der Waals surface area contributed by atoms with Crippen LogP contribution in [-0.2, 0) is 5.41 Å². The monoisotopic (exact) mass is 661 g/mol. The second kappa shape index (κ2) is 9.11. The van der Waals surface area contributed by atoms with Crippen molar-refractivity contribution >= 4 is 74.9 Å². The fourth-order valence-electron chi connectivity index (χ4n) is 10.4. The minimum Gasteiger partial charge on any atom is -0.308 e. The molecule has 1 nitrogen and oxygen atoms in total. The lowest BCUT2D eigenvalue weighted by atomic mass is 9.70. The van der Waals surface area contributed by atoms with Crippen LogP contribution >= 0.6 is 11.3 Å². The molecule has 2 aliphatic carbocycles. The van der Waals surface area contributed by atoms with E-state index in [2.05, 4.69) is 168 Å². The first kappa shape index (κ1) is 26.6. The SMILES string of the molecule is c1ccc2c(c1)-c1ccccc1C21c2ccccc2-c2c1ccc1c3ccccc3n(-c3cccc4c5cccc6sc7cccc(c34)c7c65)c21. The van der Waals surface area contributed by atoms with Crippen molar-refractivity contribution < 1.29 is 0 Å². The van der Waals surface area contributed by atoms with Crippen LogP contribution < -0.4 is 0 Å². The molecule has 0 saturated carbocycles. The molecule has 2 aliphatic rings. The molecule has 0 unspecified atom stereocenters. The standard InChI is InChI=1S/C49H27NS/c1-5-19-36-28(12-1)29-13-2-6-20-37(29)49(36)38-21-7-3-15-34(38)45-39(49)27-26-33-30-14-4-8-22-40(30)50(48(33)45)41-23-9-16-31-32-17-10-24-42-46(32)47-35(44(31)41)18-11-25-43(47)51-42/h1-27H.